The average molecular weight is 713 g/mol. The maximum atomic E-state index is 13.9. The molecule has 276 valence electrons. The van der Waals surface area contributed by atoms with Crippen LogP contribution in [0.25, 0.3) is 0 Å². The zero-order valence-corrected chi connectivity index (χ0v) is 31.4. The van der Waals surface area contributed by atoms with Crippen LogP contribution in [0.15, 0.2) is 48.5 Å². The van der Waals surface area contributed by atoms with Crippen molar-refractivity contribution in [1.29, 1.82) is 0 Å². The van der Waals surface area contributed by atoms with Crippen LogP contribution in [0.4, 0.5) is 5.69 Å². The number of hydrogen-bond acceptors (Lipinski definition) is 7. The van der Waals surface area contributed by atoms with Crippen LogP contribution in [-0.2, 0) is 19.6 Å². The fraction of sp³-hybridized carbons (Fsp3) is 0.568. The standard InChI is InChI=1S/C37H56N6O6S/c1-8-38-37(47)33(24(2)3)42-34(44)26(5)39-23-31(19-27-15-11-9-12-16-27)41-36(46)30-20-29(21-32(22-30)43(6)50(7,48)49)35(45)40-25(4)28-17-13-10-14-18-28/h10,13-14,17-18,20-22,24-27,31,33,39H,8-9,11-12,15-16,19,23H2,1-7H3,(H,38,47)(H,40,45)(H,41,46)(H,42,44)/t25-,26+,31+,33+/m1/s1. The van der Waals surface area contributed by atoms with Gasteiger partial charge in [-0.1, -0.05) is 76.3 Å². The van der Waals surface area contributed by atoms with Gasteiger partial charge in [0, 0.05) is 37.3 Å². The minimum absolute atomic E-state index is 0.109. The van der Waals surface area contributed by atoms with Gasteiger partial charge in [-0.3, -0.25) is 23.5 Å². The van der Waals surface area contributed by atoms with Gasteiger partial charge in [0.2, 0.25) is 21.8 Å². The molecule has 0 aliphatic heterocycles. The summed E-state index contributed by atoms with van der Waals surface area (Å²) < 4.78 is 26.0. The predicted molar refractivity (Wildman–Crippen MR) is 197 cm³/mol. The monoisotopic (exact) mass is 712 g/mol. The molecule has 0 unspecified atom stereocenters. The zero-order chi connectivity index (χ0) is 37.0. The summed E-state index contributed by atoms with van der Waals surface area (Å²) in [6.07, 6.45) is 7.25. The van der Waals surface area contributed by atoms with Crippen molar-refractivity contribution in [2.24, 2.45) is 11.8 Å². The number of nitrogens with zero attached hydrogens (tertiary/aromatic N) is 1. The van der Waals surface area contributed by atoms with Gasteiger partial charge >= 0.3 is 0 Å². The molecule has 1 aliphatic carbocycles. The summed E-state index contributed by atoms with van der Waals surface area (Å²) in [6.45, 7) is 9.88. The van der Waals surface area contributed by atoms with Crippen LogP contribution in [-0.4, -0.2) is 76.6 Å². The highest BCUT2D eigenvalue weighted by molar-refractivity contribution is 7.92. The van der Waals surface area contributed by atoms with E-state index in [4.69, 9.17) is 0 Å². The predicted octanol–water partition coefficient (Wildman–Crippen LogP) is 3.90. The summed E-state index contributed by atoms with van der Waals surface area (Å²) in [6, 6.07) is 11.8. The molecule has 5 N–H and O–H groups in total. The van der Waals surface area contributed by atoms with E-state index in [2.05, 4.69) is 26.6 Å². The van der Waals surface area contributed by atoms with Crippen LogP contribution < -0.4 is 30.9 Å². The summed E-state index contributed by atoms with van der Waals surface area (Å²) in [7, 11) is -2.33. The smallest absolute Gasteiger partial charge is 0.251 e. The fourth-order valence-corrected chi connectivity index (χ4v) is 6.64. The Hall–Kier alpha value is -3.97. The number of benzene rings is 2. The molecule has 1 fully saturated rings. The van der Waals surface area contributed by atoms with Gasteiger partial charge in [-0.25, -0.2) is 8.42 Å². The van der Waals surface area contributed by atoms with Gasteiger partial charge in [-0.15, -0.1) is 0 Å². The van der Waals surface area contributed by atoms with Crippen molar-refractivity contribution in [2.45, 2.75) is 97.3 Å². The van der Waals surface area contributed by atoms with Crippen LogP contribution in [0.1, 0.15) is 105 Å². The lowest BCUT2D eigenvalue weighted by atomic mass is 9.84. The molecule has 0 spiro atoms. The second-order valence-electron chi connectivity index (χ2n) is 13.8. The third-order valence-corrected chi connectivity index (χ3v) is 10.5. The van der Waals surface area contributed by atoms with E-state index in [0.29, 0.717) is 18.9 Å². The molecule has 2 aromatic rings. The summed E-state index contributed by atoms with van der Waals surface area (Å²) >= 11 is 0. The van der Waals surface area contributed by atoms with Crippen LogP contribution in [0, 0.1) is 11.8 Å². The lowest BCUT2D eigenvalue weighted by molar-refractivity contribution is -0.130. The molecule has 12 nitrogen and oxygen atoms in total. The topological polar surface area (TPSA) is 166 Å². The van der Waals surface area contributed by atoms with E-state index in [1.807, 2.05) is 58.0 Å². The van der Waals surface area contributed by atoms with Crippen LogP contribution in [0.2, 0.25) is 0 Å². The quantitative estimate of drug-likeness (QED) is 0.166. The van der Waals surface area contributed by atoms with Crippen molar-refractivity contribution in [3.8, 4) is 0 Å². The molecule has 0 radical (unpaired) electrons. The number of carbonyl (C=O) groups excluding carboxylic acids is 4. The van der Waals surface area contributed by atoms with Crippen molar-refractivity contribution >= 4 is 39.3 Å². The molecule has 1 aliphatic rings. The minimum atomic E-state index is -3.70. The summed E-state index contributed by atoms with van der Waals surface area (Å²) in [5.41, 5.74) is 1.35. The molecule has 0 aromatic heterocycles. The molecule has 2 aromatic carbocycles. The lowest BCUT2D eigenvalue weighted by Gasteiger charge is -2.29. The Kier molecular flexibility index (Phi) is 15.3. The number of anilines is 1. The number of likely N-dealkylation sites (N-methyl/N-ethyl adjacent to an activating group) is 1. The molecule has 3 rings (SSSR count). The molecule has 13 heteroatoms. The SMILES string of the molecule is CCNC(=O)[C@@H](NC(=O)[C@H](C)NC[C@H](CC1CCCCC1)NC(=O)c1cc(C(=O)N[C@H](C)c2ccccc2)cc(N(C)S(C)(=O)=O)c1)C(C)C. The maximum Gasteiger partial charge on any atom is 0.251 e. The molecule has 0 bridgehead atoms. The molecule has 0 heterocycles. The number of sulfonamides is 1. The highest BCUT2D eigenvalue weighted by Crippen LogP contribution is 2.28. The van der Waals surface area contributed by atoms with Crippen molar-refractivity contribution in [2.75, 3.05) is 30.7 Å². The van der Waals surface area contributed by atoms with Gasteiger partial charge in [0.05, 0.1) is 24.0 Å². The molecular weight excluding hydrogens is 657 g/mol. The van der Waals surface area contributed by atoms with Gasteiger partial charge in [-0.05, 0) is 62.8 Å². The van der Waals surface area contributed by atoms with E-state index in [1.165, 1.54) is 31.7 Å². The van der Waals surface area contributed by atoms with Crippen molar-refractivity contribution in [3.63, 3.8) is 0 Å². The van der Waals surface area contributed by atoms with Gasteiger partial charge in [-0.2, -0.15) is 0 Å². The molecule has 4 atom stereocenters. The number of amides is 4. The third kappa shape index (κ3) is 12.1. The summed E-state index contributed by atoms with van der Waals surface area (Å²) in [5, 5.41) is 14.9. The highest BCUT2D eigenvalue weighted by atomic mass is 32.2. The first-order valence-corrected chi connectivity index (χ1v) is 19.5. The zero-order valence-electron chi connectivity index (χ0n) is 30.5. The normalized spacial score (nSPS) is 16.1. The first-order chi connectivity index (χ1) is 23.6. The summed E-state index contributed by atoms with van der Waals surface area (Å²) in [4.78, 5) is 53.0. The van der Waals surface area contributed by atoms with Crippen molar-refractivity contribution in [1.82, 2.24) is 26.6 Å². The average Bonchev–Trinajstić information content (AvgIpc) is 3.08. The Morgan fingerprint density at radius 1 is 0.840 bits per heavy atom. The van der Waals surface area contributed by atoms with E-state index < -0.39 is 33.9 Å². The largest absolute Gasteiger partial charge is 0.355 e. The van der Waals surface area contributed by atoms with Crippen molar-refractivity contribution < 1.29 is 27.6 Å². The number of nitrogens with one attached hydrogen (secondary N) is 5. The molecule has 0 saturated heterocycles. The van der Waals surface area contributed by atoms with Gasteiger partial charge in [0.25, 0.3) is 11.8 Å². The Morgan fingerprint density at radius 3 is 2.00 bits per heavy atom. The van der Waals surface area contributed by atoms with E-state index in [0.717, 1.165) is 41.8 Å². The molecule has 4 amide bonds. The minimum Gasteiger partial charge on any atom is -0.355 e. The molecular formula is C37H56N6O6S. The Morgan fingerprint density at radius 2 is 1.44 bits per heavy atom. The maximum absolute atomic E-state index is 13.9. The van der Waals surface area contributed by atoms with Gasteiger partial charge in [0.15, 0.2) is 0 Å². The van der Waals surface area contributed by atoms with Crippen LogP contribution in [0.3, 0.4) is 0 Å². The van der Waals surface area contributed by atoms with E-state index in [1.54, 1.807) is 6.92 Å². The highest BCUT2D eigenvalue weighted by Gasteiger charge is 2.28. The van der Waals surface area contributed by atoms with E-state index >= 15 is 0 Å². The first kappa shape index (κ1) is 40.5. The van der Waals surface area contributed by atoms with E-state index in [-0.39, 0.29) is 53.2 Å². The van der Waals surface area contributed by atoms with E-state index in [9.17, 15) is 27.6 Å². The fourth-order valence-electron chi connectivity index (χ4n) is 6.15. The summed E-state index contributed by atoms with van der Waals surface area (Å²) in [5.74, 6) is -1.19. The van der Waals surface area contributed by atoms with Gasteiger partial charge < -0.3 is 26.6 Å². The lowest BCUT2D eigenvalue weighted by Crippen LogP contribution is -2.55. The third-order valence-electron chi connectivity index (χ3n) is 9.29. The second-order valence-corrected chi connectivity index (χ2v) is 15.8. The van der Waals surface area contributed by atoms with Crippen LogP contribution >= 0.6 is 0 Å². The van der Waals surface area contributed by atoms with Crippen molar-refractivity contribution in [3.05, 3.63) is 65.2 Å². The second kappa shape index (κ2) is 18.9. The molecule has 50 heavy (non-hydrogen) atoms. The number of carbonyl (C=O) groups is 4. The first-order valence-electron chi connectivity index (χ1n) is 17.7. The molecule has 1 saturated carbocycles. The number of hydrogen-bond donors (Lipinski definition) is 5. The Labute approximate surface area is 298 Å². The Bertz CT molecular complexity index is 1560. The van der Waals surface area contributed by atoms with Gasteiger partial charge in [0.1, 0.15) is 6.04 Å². The Balaban J connectivity index is 1.84. The van der Waals surface area contributed by atoms with Crippen LogP contribution in [0.5, 0.6) is 0 Å². The number of rotatable bonds is 17.